The van der Waals surface area contributed by atoms with E-state index in [1.54, 1.807) is 19.2 Å². The molecule has 32 heavy (non-hydrogen) atoms. The fourth-order valence-corrected chi connectivity index (χ4v) is 4.63. The molecule has 0 aliphatic heterocycles. The lowest BCUT2D eigenvalue weighted by molar-refractivity contribution is -0.160. The quantitative estimate of drug-likeness (QED) is 0.221. The number of amides is 3. The van der Waals surface area contributed by atoms with E-state index >= 15 is 0 Å². The molecular weight excluding hydrogens is 436 g/mol. The minimum absolute atomic E-state index is 0.166. The summed E-state index contributed by atoms with van der Waals surface area (Å²) in [5.41, 5.74) is 3.32. The highest BCUT2D eigenvalue weighted by molar-refractivity contribution is 7.09. The topological polar surface area (TPSA) is 174 Å². The highest BCUT2D eigenvalue weighted by atomic mass is 32.1. The van der Waals surface area contributed by atoms with Crippen molar-refractivity contribution in [1.29, 1.82) is 0 Å². The van der Waals surface area contributed by atoms with Crippen LogP contribution in [0.3, 0.4) is 0 Å². The number of nitrogens with one attached hydrogen (secondary N) is 3. The summed E-state index contributed by atoms with van der Waals surface area (Å²) in [4.78, 5) is 38.2. The van der Waals surface area contributed by atoms with Gasteiger partial charge in [0.25, 0.3) is 5.91 Å². The van der Waals surface area contributed by atoms with Crippen molar-refractivity contribution in [3.05, 3.63) is 22.4 Å². The number of carbonyl (C=O) groups is 3. The number of primary amides is 1. The first kappa shape index (κ1) is 26.2. The predicted octanol–water partition coefficient (Wildman–Crippen LogP) is -1.37. The van der Waals surface area contributed by atoms with Crippen molar-refractivity contribution in [2.24, 2.45) is 11.7 Å². The Bertz CT molecular complexity index is 789. The largest absolute Gasteiger partial charge is 0.390 e. The van der Waals surface area contributed by atoms with Crippen LogP contribution in [0.1, 0.15) is 38.0 Å². The molecule has 1 fully saturated rings. The van der Waals surface area contributed by atoms with Gasteiger partial charge in [-0.1, -0.05) is 19.9 Å². The van der Waals surface area contributed by atoms with Crippen LogP contribution in [0.15, 0.2) is 17.5 Å². The fourth-order valence-electron chi connectivity index (χ4n) is 3.88. The minimum atomic E-state index is -2.10. The number of nitrogens with two attached hydrogens (primary N) is 1. The molecule has 1 heterocycles. The van der Waals surface area contributed by atoms with Crippen molar-refractivity contribution in [1.82, 2.24) is 16.0 Å². The molecule has 180 valence electrons. The Morgan fingerprint density at radius 1 is 1.25 bits per heavy atom. The maximum Gasteiger partial charge on any atom is 0.252 e. The van der Waals surface area contributed by atoms with Crippen LogP contribution < -0.4 is 21.7 Å². The number of carbonyl (C=O) groups excluding carboxylic acids is 3. The van der Waals surface area contributed by atoms with Crippen molar-refractivity contribution >= 4 is 29.1 Å². The molecule has 1 aromatic heterocycles. The highest BCUT2D eigenvalue weighted by Crippen LogP contribution is 2.30. The zero-order chi connectivity index (χ0) is 24.1. The van der Waals surface area contributed by atoms with Gasteiger partial charge in [0.15, 0.2) is 0 Å². The molecule has 1 aromatic rings. The molecule has 0 bridgehead atoms. The number of hydrogen-bond acceptors (Lipinski definition) is 8. The second kappa shape index (κ2) is 11.2. The van der Waals surface area contributed by atoms with Crippen LogP contribution in [0.25, 0.3) is 0 Å². The van der Waals surface area contributed by atoms with Gasteiger partial charge < -0.3 is 37.0 Å². The van der Waals surface area contributed by atoms with Crippen LogP contribution >= 0.6 is 11.3 Å². The summed E-state index contributed by atoms with van der Waals surface area (Å²) in [5, 5.41) is 41.5. The van der Waals surface area contributed by atoms with Gasteiger partial charge in [0.1, 0.15) is 17.7 Å². The van der Waals surface area contributed by atoms with Crippen molar-refractivity contribution in [3.8, 4) is 0 Å². The normalized spacial score (nSPS) is 27.5. The third-order valence-corrected chi connectivity index (χ3v) is 6.57. The van der Waals surface area contributed by atoms with Crippen molar-refractivity contribution in [2.45, 2.75) is 75.5 Å². The Balaban J connectivity index is 2.12. The van der Waals surface area contributed by atoms with Gasteiger partial charge in [-0.05, 0) is 30.8 Å². The zero-order valence-electron chi connectivity index (χ0n) is 18.6. The fraction of sp³-hybridized carbons (Fsp3) is 0.667. The molecule has 0 unspecified atom stereocenters. The molecule has 0 spiro atoms. The van der Waals surface area contributed by atoms with E-state index in [2.05, 4.69) is 16.0 Å². The highest BCUT2D eigenvalue weighted by Gasteiger charge is 2.50. The molecule has 8 N–H and O–H groups in total. The van der Waals surface area contributed by atoms with E-state index in [0.717, 1.165) is 4.88 Å². The summed E-state index contributed by atoms with van der Waals surface area (Å²) in [6.45, 7) is 3.93. The second-order valence-corrected chi connectivity index (χ2v) is 9.83. The van der Waals surface area contributed by atoms with Crippen LogP contribution in [0, 0.1) is 5.92 Å². The van der Waals surface area contributed by atoms with Gasteiger partial charge in [0, 0.05) is 24.1 Å². The third-order valence-electron chi connectivity index (χ3n) is 5.67. The molecule has 1 saturated carbocycles. The number of aliphatic hydroxyl groups is 3. The first-order valence-electron chi connectivity index (χ1n) is 10.7. The lowest BCUT2D eigenvalue weighted by atomic mass is 9.77. The SMILES string of the molecule is CN[C@@H](CC(C)C)C(=O)N[C@@H]1C[C@@](O)(C(=O)N[C@@H](Cc2cccs2)C(N)=O)C[C@@H](O)[C@@H]1O. The van der Waals surface area contributed by atoms with E-state index < -0.39 is 60.1 Å². The summed E-state index contributed by atoms with van der Waals surface area (Å²) in [6, 6.07) is 0.949. The van der Waals surface area contributed by atoms with E-state index in [9.17, 15) is 29.7 Å². The summed E-state index contributed by atoms with van der Waals surface area (Å²) in [7, 11) is 1.64. The summed E-state index contributed by atoms with van der Waals surface area (Å²) in [5.74, 6) is -1.83. The van der Waals surface area contributed by atoms with E-state index in [1.807, 2.05) is 19.2 Å². The van der Waals surface area contributed by atoms with Crippen LogP contribution in [0.2, 0.25) is 0 Å². The molecule has 0 radical (unpaired) electrons. The standard InChI is InChI=1S/C21H34N4O6S/c1-11(2)7-14(23-3)19(29)24-15-9-21(31,10-16(26)17(15)27)20(30)25-13(18(22)28)8-12-5-4-6-32-12/h4-6,11,13-17,23,26-27,31H,7-10H2,1-3H3,(H2,22,28)(H,24,29)(H,25,30)/t13-,14-,15+,16+,17+,21-/m0/s1. The molecule has 2 rings (SSSR count). The van der Waals surface area contributed by atoms with Gasteiger partial charge in [-0.25, -0.2) is 0 Å². The maximum atomic E-state index is 12.9. The number of rotatable bonds is 10. The number of hydrogen-bond donors (Lipinski definition) is 7. The molecule has 1 aliphatic carbocycles. The van der Waals surface area contributed by atoms with Crippen LogP contribution in [0.5, 0.6) is 0 Å². The first-order chi connectivity index (χ1) is 15.0. The molecule has 3 amide bonds. The maximum absolute atomic E-state index is 12.9. The first-order valence-corrected chi connectivity index (χ1v) is 11.5. The lowest BCUT2D eigenvalue weighted by Crippen LogP contribution is -2.65. The van der Waals surface area contributed by atoms with Gasteiger partial charge in [-0.2, -0.15) is 0 Å². The predicted molar refractivity (Wildman–Crippen MR) is 120 cm³/mol. The zero-order valence-corrected chi connectivity index (χ0v) is 19.4. The number of thiophene rings is 1. The number of aliphatic hydroxyl groups excluding tert-OH is 2. The smallest absolute Gasteiger partial charge is 0.252 e. The van der Waals surface area contributed by atoms with Gasteiger partial charge >= 0.3 is 0 Å². The Morgan fingerprint density at radius 3 is 2.47 bits per heavy atom. The Morgan fingerprint density at radius 2 is 1.94 bits per heavy atom. The summed E-state index contributed by atoms with van der Waals surface area (Å²) >= 11 is 1.40. The van der Waals surface area contributed by atoms with E-state index in [0.29, 0.717) is 6.42 Å². The van der Waals surface area contributed by atoms with E-state index in [4.69, 9.17) is 5.73 Å². The Hall–Kier alpha value is -2.05. The minimum Gasteiger partial charge on any atom is -0.390 e. The van der Waals surface area contributed by atoms with Crippen molar-refractivity contribution < 1.29 is 29.7 Å². The van der Waals surface area contributed by atoms with Gasteiger partial charge in [0.2, 0.25) is 11.8 Å². The summed E-state index contributed by atoms with van der Waals surface area (Å²) in [6.07, 6.45) is -2.88. The van der Waals surface area contributed by atoms with E-state index in [1.165, 1.54) is 11.3 Å². The van der Waals surface area contributed by atoms with Gasteiger partial charge in [0.05, 0.1) is 18.2 Å². The van der Waals surface area contributed by atoms with E-state index in [-0.39, 0.29) is 18.8 Å². The average molecular weight is 471 g/mol. The number of likely N-dealkylation sites (N-methyl/N-ethyl adjacent to an activating group) is 1. The average Bonchev–Trinajstić information content (AvgIpc) is 3.22. The summed E-state index contributed by atoms with van der Waals surface area (Å²) < 4.78 is 0. The Labute approximate surface area is 191 Å². The molecule has 6 atom stereocenters. The van der Waals surface area contributed by atoms with Crippen molar-refractivity contribution in [2.75, 3.05) is 7.05 Å². The van der Waals surface area contributed by atoms with Gasteiger partial charge in [-0.15, -0.1) is 11.3 Å². The van der Waals surface area contributed by atoms with Crippen LogP contribution in [-0.2, 0) is 20.8 Å². The van der Waals surface area contributed by atoms with Crippen LogP contribution in [0.4, 0.5) is 0 Å². The molecule has 0 aromatic carbocycles. The monoisotopic (exact) mass is 470 g/mol. The molecular formula is C21H34N4O6S. The molecule has 10 nitrogen and oxygen atoms in total. The Kier molecular flexibility index (Phi) is 9.17. The molecule has 0 saturated heterocycles. The molecule has 1 aliphatic rings. The third kappa shape index (κ3) is 6.72. The lowest BCUT2D eigenvalue weighted by Gasteiger charge is -2.42. The second-order valence-electron chi connectivity index (χ2n) is 8.80. The molecule has 11 heteroatoms. The van der Waals surface area contributed by atoms with Crippen molar-refractivity contribution in [3.63, 3.8) is 0 Å². The van der Waals surface area contributed by atoms with Crippen LogP contribution in [-0.4, -0.2) is 76.0 Å². The van der Waals surface area contributed by atoms with Gasteiger partial charge in [-0.3, -0.25) is 14.4 Å².